The zero-order chi connectivity index (χ0) is 12.1. The van der Waals surface area contributed by atoms with Crippen LogP contribution in [0.15, 0.2) is 52.5 Å². The van der Waals surface area contributed by atoms with Crippen LogP contribution in [0.3, 0.4) is 0 Å². The maximum absolute atomic E-state index is 11.8. The van der Waals surface area contributed by atoms with Crippen molar-refractivity contribution < 1.29 is 4.55 Å². The van der Waals surface area contributed by atoms with Gasteiger partial charge in [0, 0.05) is 28.0 Å². The average Bonchev–Trinajstić information content (AvgIpc) is 2.83. The van der Waals surface area contributed by atoms with Gasteiger partial charge in [-0.1, -0.05) is 28.1 Å². The third-order valence-electron chi connectivity index (χ3n) is 2.24. The minimum atomic E-state index is -0.978. The van der Waals surface area contributed by atoms with Crippen LogP contribution in [-0.2, 0) is 16.9 Å². The van der Waals surface area contributed by atoms with Crippen molar-refractivity contribution in [3.05, 3.63) is 63.7 Å². The molecule has 0 aliphatic heterocycles. The van der Waals surface area contributed by atoms with E-state index in [2.05, 4.69) is 20.9 Å². The first-order valence-electron chi connectivity index (χ1n) is 5.17. The fraction of sp³-hybridized carbons (Fsp3) is 0.0769. The summed E-state index contributed by atoms with van der Waals surface area (Å²) in [5.74, 6) is 0.546. The van der Waals surface area contributed by atoms with Gasteiger partial charge in [0.05, 0.1) is 0 Å². The summed E-state index contributed by atoms with van der Waals surface area (Å²) in [4.78, 5) is 3.04. The SMILES string of the molecule is [O-][S+](C=Cc1ccc[nH]1)Cc1ccc(Br)cc1. The highest BCUT2D eigenvalue weighted by Crippen LogP contribution is 2.14. The van der Waals surface area contributed by atoms with Gasteiger partial charge in [-0.15, -0.1) is 0 Å². The van der Waals surface area contributed by atoms with Crippen LogP contribution in [0, 0.1) is 0 Å². The van der Waals surface area contributed by atoms with E-state index in [4.69, 9.17) is 0 Å². The molecule has 2 rings (SSSR count). The van der Waals surface area contributed by atoms with E-state index in [1.807, 2.05) is 48.7 Å². The van der Waals surface area contributed by atoms with E-state index in [9.17, 15) is 4.55 Å². The van der Waals surface area contributed by atoms with Gasteiger partial charge in [-0.25, -0.2) is 0 Å². The van der Waals surface area contributed by atoms with Gasteiger partial charge >= 0.3 is 0 Å². The molecule has 0 saturated heterocycles. The van der Waals surface area contributed by atoms with E-state index in [1.165, 1.54) is 0 Å². The fourth-order valence-electron chi connectivity index (χ4n) is 1.39. The number of aromatic nitrogens is 1. The highest BCUT2D eigenvalue weighted by atomic mass is 79.9. The second-order valence-electron chi connectivity index (χ2n) is 3.58. The summed E-state index contributed by atoms with van der Waals surface area (Å²) in [5, 5.41) is 1.72. The van der Waals surface area contributed by atoms with Crippen LogP contribution in [-0.4, -0.2) is 9.54 Å². The van der Waals surface area contributed by atoms with Gasteiger partial charge < -0.3 is 9.54 Å². The molecule has 0 bridgehead atoms. The Morgan fingerprint density at radius 1 is 1.24 bits per heavy atom. The summed E-state index contributed by atoms with van der Waals surface area (Å²) in [7, 11) is 0. The van der Waals surface area contributed by atoms with E-state index >= 15 is 0 Å². The predicted molar refractivity (Wildman–Crippen MR) is 75.8 cm³/mol. The molecule has 2 nitrogen and oxygen atoms in total. The Kier molecular flexibility index (Phi) is 4.48. The smallest absolute Gasteiger partial charge is 0.135 e. The molecule has 1 aromatic heterocycles. The first-order valence-corrected chi connectivity index (χ1v) is 7.35. The largest absolute Gasteiger partial charge is 0.612 e. The molecule has 0 amide bonds. The molecule has 0 fully saturated rings. The lowest BCUT2D eigenvalue weighted by atomic mass is 10.2. The molecule has 0 aliphatic carbocycles. The summed E-state index contributed by atoms with van der Waals surface area (Å²) in [6.07, 6.45) is 3.69. The zero-order valence-electron chi connectivity index (χ0n) is 9.10. The maximum Gasteiger partial charge on any atom is 0.135 e. The quantitative estimate of drug-likeness (QED) is 0.859. The number of aromatic amines is 1. The van der Waals surface area contributed by atoms with Crippen LogP contribution in [0.5, 0.6) is 0 Å². The predicted octanol–water partition coefficient (Wildman–Crippen LogP) is 3.70. The van der Waals surface area contributed by atoms with E-state index in [1.54, 1.807) is 5.41 Å². The summed E-state index contributed by atoms with van der Waals surface area (Å²) in [6.45, 7) is 0. The Hall–Kier alpha value is -0.970. The number of halogens is 1. The summed E-state index contributed by atoms with van der Waals surface area (Å²) in [5.41, 5.74) is 2.04. The lowest BCUT2D eigenvalue weighted by Crippen LogP contribution is -1.99. The van der Waals surface area contributed by atoms with Crippen molar-refractivity contribution in [2.75, 3.05) is 0 Å². The highest BCUT2D eigenvalue weighted by molar-refractivity contribution is 9.10. The number of hydrogen-bond acceptors (Lipinski definition) is 1. The van der Waals surface area contributed by atoms with Crippen molar-refractivity contribution in [3.8, 4) is 0 Å². The molecule has 88 valence electrons. The molecule has 0 aliphatic rings. The number of hydrogen-bond donors (Lipinski definition) is 1. The maximum atomic E-state index is 11.8. The van der Waals surface area contributed by atoms with Gasteiger partial charge in [-0.2, -0.15) is 0 Å². The molecule has 1 N–H and O–H groups in total. The van der Waals surface area contributed by atoms with Gasteiger partial charge in [-0.3, -0.25) is 0 Å². The third kappa shape index (κ3) is 4.07. The third-order valence-corrected chi connectivity index (χ3v) is 3.83. The lowest BCUT2D eigenvalue weighted by molar-refractivity contribution is 0.603. The normalized spacial score (nSPS) is 13.1. The van der Waals surface area contributed by atoms with Crippen molar-refractivity contribution in [1.29, 1.82) is 0 Å². The minimum absolute atomic E-state index is 0.546. The van der Waals surface area contributed by atoms with Crippen molar-refractivity contribution in [2.45, 2.75) is 5.75 Å². The Balaban J connectivity index is 1.93. The van der Waals surface area contributed by atoms with E-state index in [-0.39, 0.29) is 0 Å². The fourth-order valence-corrected chi connectivity index (χ4v) is 2.57. The van der Waals surface area contributed by atoms with Crippen LogP contribution < -0.4 is 0 Å². The van der Waals surface area contributed by atoms with Gasteiger partial charge in [0.15, 0.2) is 0 Å². The zero-order valence-corrected chi connectivity index (χ0v) is 11.5. The second-order valence-corrected chi connectivity index (χ2v) is 5.82. The summed E-state index contributed by atoms with van der Waals surface area (Å²) < 4.78 is 12.8. The standard InChI is InChI=1S/C13H12BrNOS/c14-12-5-3-11(4-6-12)10-17(16)9-7-13-2-1-8-15-13/h1-9,15H,10H2. The summed E-state index contributed by atoms with van der Waals surface area (Å²) in [6, 6.07) is 11.7. The van der Waals surface area contributed by atoms with Crippen molar-refractivity contribution >= 4 is 33.2 Å². The van der Waals surface area contributed by atoms with Crippen LogP contribution in [0.4, 0.5) is 0 Å². The summed E-state index contributed by atoms with van der Waals surface area (Å²) >= 11 is 2.40. The first-order chi connectivity index (χ1) is 8.24. The van der Waals surface area contributed by atoms with Gasteiger partial charge in [0.2, 0.25) is 0 Å². The number of H-pyrrole nitrogens is 1. The molecular formula is C13H12BrNOS. The molecule has 1 aromatic carbocycles. The first kappa shape index (κ1) is 12.5. The Morgan fingerprint density at radius 3 is 2.65 bits per heavy atom. The lowest BCUT2D eigenvalue weighted by Gasteiger charge is -2.05. The second kappa shape index (κ2) is 6.10. The van der Waals surface area contributed by atoms with E-state index in [0.717, 1.165) is 15.7 Å². The van der Waals surface area contributed by atoms with Crippen LogP contribution in [0.2, 0.25) is 0 Å². The molecule has 2 aromatic rings. The van der Waals surface area contributed by atoms with Crippen molar-refractivity contribution in [3.63, 3.8) is 0 Å². The monoisotopic (exact) mass is 309 g/mol. The molecular weight excluding hydrogens is 298 g/mol. The molecule has 1 unspecified atom stereocenters. The number of rotatable bonds is 4. The van der Waals surface area contributed by atoms with Gasteiger partial charge in [0.1, 0.15) is 11.2 Å². The molecule has 1 atom stereocenters. The average molecular weight is 310 g/mol. The Bertz CT molecular complexity index is 479. The van der Waals surface area contributed by atoms with Gasteiger partial charge in [-0.05, 0) is 35.4 Å². The molecule has 0 radical (unpaired) electrons. The molecule has 0 saturated carbocycles. The van der Waals surface area contributed by atoms with Crippen molar-refractivity contribution in [1.82, 2.24) is 4.98 Å². The molecule has 4 heteroatoms. The minimum Gasteiger partial charge on any atom is -0.612 e. The molecule has 0 spiro atoms. The highest BCUT2D eigenvalue weighted by Gasteiger charge is 2.03. The molecule has 17 heavy (non-hydrogen) atoms. The van der Waals surface area contributed by atoms with Crippen LogP contribution in [0.1, 0.15) is 11.3 Å². The molecule has 1 heterocycles. The Labute approximate surface area is 112 Å². The number of nitrogens with one attached hydrogen (secondary N) is 1. The van der Waals surface area contributed by atoms with Crippen LogP contribution >= 0.6 is 15.9 Å². The van der Waals surface area contributed by atoms with E-state index in [0.29, 0.717) is 5.75 Å². The van der Waals surface area contributed by atoms with E-state index < -0.39 is 11.2 Å². The number of benzene rings is 1. The topological polar surface area (TPSA) is 38.8 Å². The van der Waals surface area contributed by atoms with Crippen molar-refractivity contribution in [2.24, 2.45) is 0 Å². The Morgan fingerprint density at radius 2 is 2.00 bits per heavy atom. The van der Waals surface area contributed by atoms with Gasteiger partial charge in [0.25, 0.3) is 0 Å². The van der Waals surface area contributed by atoms with Crippen LogP contribution in [0.25, 0.3) is 6.08 Å².